The molecule has 0 spiro atoms. The van der Waals surface area contributed by atoms with Gasteiger partial charge in [0.25, 0.3) is 5.22 Å². The minimum atomic E-state index is -0.332. The van der Waals surface area contributed by atoms with Gasteiger partial charge in [-0.25, -0.2) is 4.39 Å². The third kappa shape index (κ3) is 4.28. The smallest absolute Gasteiger partial charge is 0.277 e. The van der Waals surface area contributed by atoms with Crippen molar-refractivity contribution < 1.29 is 13.6 Å². The van der Waals surface area contributed by atoms with E-state index in [4.69, 9.17) is 4.42 Å². The Balaban J connectivity index is 1.36. The number of rotatable bonds is 5. The number of fused-ring (bicyclic) bond motifs is 1. The molecule has 4 aromatic rings. The number of carbonyl (C=O) groups is 1. The van der Waals surface area contributed by atoms with Crippen molar-refractivity contribution >= 4 is 35.1 Å². The lowest BCUT2D eigenvalue weighted by molar-refractivity contribution is -0.116. The first kappa shape index (κ1) is 20.8. The summed E-state index contributed by atoms with van der Waals surface area (Å²) in [5.74, 6) is 0.876. The molecule has 0 bridgehead atoms. The fourth-order valence-corrected chi connectivity index (χ4v) is 5.38. The number of para-hydroxylation sites is 1. The molecule has 1 atom stereocenters. The first-order chi connectivity index (χ1) is 15.7. The fourth-order valence-electron chi connectivity index (χ4n) is 3.59. The van der Waals surface area contributed by atoms with Crippen molar-refractivity contribution in [1.29, 1.82) is 0 Å². The minimum absolute atomic E-state index is 0.0295. The second-order valence-corrected chi connectivity index (χ2v) is 9.13. The topological polar surface area (TPSA) is 59.2 Å². The summed E-state index contributed by atoms with van der Waals surface area (Å²) >= 11 is 2.96. The summed E-state index contributed by atoms with van der Waals surface area (Å²) in [5.41, 5.74) is 2.65. The molecule has 160 valence electrons. The van der Waals surface area contributed by atoms with Crippen LogP contribution in [-0.4, -0.2) is 27.6 Å². The summed E-state index contributed by atoms with van der Waals surface area (Å²) in [6.45, 7) is 0. The van der Waals surface area contributed by atoms with Gasteiger partial charge in [0.2, 0.25) is 11.8 Å². The van der Waals surface area contributed by atoms with E-state index in [1.54, 1.807) is 23.9 Å². The van der Waals surface area contributed by atoms with Crippen LogP contribution in [0.3, 0.4) is 0 Å². The van der Waals surface area contributed by atoms with E-state index in [9.17, 15) is 9.18 Å². The largest absolute Gasteiger partial charge is 0.411 e. The molecule has 8 heteroatoms. The molecule has 0 fully saturated rings. The van der Waals surface area contributed by atoms with Crippen molar-refractivity contribution in [3.8, 4) is 11.5 Å². The Bertz CT molecular complexity index is 1230. The highest BCUT2D eigenvalue weighted by molar-refractivity contribution is 8.00. The van der Waals surface area contributed by atoms with Gasteiger partial charge >= 0.3 is 0 Å². The van der Waals surface area contributed by atoms with Gasteiger partial charge < -0.3 is 9.32 Å². The lowest BCUT2D eigenvalue weighted by Crippen LogP contribution is -2.39. The van der Waals surface area contributed by atoms with Crippen LogP contribution in [0.15, 0.2) is 93.4 Å². The number of hydrogen-bond acceptors (Lipinski definition) is 6. The number of hydrogen-bond donors (Lipinski definition) is 0. The molecule has 0 saturated carbocycles. The normalized spacial score (nSPS) is 15.4. The van der Waals surface area contributed by atoms with Gasteiger partial charge in [-0.05, 0) is 42.0 Å². The van der Waals surface area contributed by atoms with Crippen LogP contribution < -0.4 is 4.90 Å². The Morgan fingerprint density at radius 1 is 1.03 bits per heavy atom. The summed E-state index contributed by atoms with van der Waals surface area (Å²) in [6.07, 6.45) is 0. The van der Waals surface area contributed by atoms with E-state index in [2.05, 4.69) is 22.3 Å². The molecule has 1 aromatic heterocycles. The van der Waals surface area contributed by atoms with Gasteiger partial charge in [0.15, 0.2) is 0 Å². The molecule has 0 N–H and O–H groups in total. The Morgan fingerprint density at radius 3 is 2.59 bits per heavy atom. The van der Waals surface area contributed by atoms with Crippen molar-refractivity contribution in [2.24, 2.45) is 0 Å². The maximum absolute atomic E-state index is 13.4. The molecule has 32 heavy (non-hydrogen) atoms. The SMILES string of the molecule is O=C(CSc1nnc(-c2ccc(F)cc2)o1)N1c2ccccc2SC[C@@H]1c1ccccc1. The maximum atomic E-state index is 13.4. The Hall–Kier alpha value is -3.10. The molecule has 2 heterocycles. The van der Waals surface area contributed by atoms with E-state index in [1.807, 2.05) is 47.4 Å². The second kappa shape index (κ2) is 9.18. The Morgan fingerprint density at radius 2 is 1.78 bits per heavy atom. The van der Waals surface area contributed by atoms with Crippen molar-refractivity contribution in [2.75, 3.05) is 16.4 Å². The van der Waals surface area contributed by atoms with Crippen molar-refractivity contribution in [3.05, 3.63) is 90.2 Å². The van der Waals surface area contributed by atoms with Crippen molar-refractivity contribution in [2.45, 2.75) is 16.2 Å². The third-order valence-corrected chi connectivity index (χ3v) is 7.04. The molecular formula is C24H18FN3O2S2. The zero-order valence-corrected chi connectivity index (χ0v) is 18.5. The van der Waals surface area contributed by atoms with Crippen LogP contribution in [0.4, 0.5) is 10.1 Å². The summed E-state index contributed by atoms with van der Waals surface area (Å²) in [6, 6.07) is 23.8. The van der Waals surface area contributed by atoms with Crippen molar-refractivity contribution in [1.82, 2.24) is 10.2 Å². The molecular weight excluding hydrogens is 445 g/mol. The average Bonchev–Trinajstić information content (AvgIpc) is 3.32. The van der Waals surface area contributed by atoms with Gasteiger partial charge in [-0.1, -0.05) is 54.2 Å². The van der Waals surface area contributed by atoms with Gasteiger partial charge in [-0.2, -0.15) is 0 Å². The predicted molar refractivity (Wildman–Crippen MR) is 124 cm³/mol. The van der Waals surface area contributed by atoms with Gasteiger partial charge in [0, 0.05) is 16.2 Å². The summed E-state index contributed by atoms with van der Waals surface area (Å²) < 4.78 is 18.8. The highest BCUT2D eigenvalue weighted by atomic mass is 32.2. The number of amides is 1. The Kier molecular flexibility index (Phi) is 5.96. The summed E-state index contributed by atoms with van der Waals surface area (Å²) in [4.78, 5) is 16.4. The summed E-state index contributed by atoms with van der Waals surface area (Å²) in [5, 5.41) is 8.35. The third-order valence-electron chi connectivity index (χ3n) is 5.10. The number of thioether (sulfide) groups is 2. The quantitative estimate of drug-likeness (QED) is 0.346. The van der Waals surface area contributed by atoms with Crippen LogP contribution in [-0.2, 0) is 4.79 Å². The molecule has 0 aliphatic carbocycles. The molecule has 0 unspecified atom stereocenters. The van der Waals surface area contributed by atoms with Gasteiger partial charge in [0.05, 0.1) is 17.5 Å². The molecule has 3 aromatic carbocycles. The zero-order valence-electron chi connectivity index (χ0n) is 16.8. The number of benzene rings is 3. The lowest BCUT2D eigenvalue weighted by atomic mass is 10.1. The molecule has 1 aliphatic rings. The van der Waals surface area contributed by atoms with Gasteiger partial charge in [0.1, 0.15) is 5.82 Å². The minimum Gasteiger partial charge on any atom is -0.411 e. The van der Waals surface area contributed by atoms with Crippen LogP contribution >= 0.6 is 23.5 Å². The van der Waals surface area contributed by atoms with Crippen molar-refractivity contribution in [3.63, 3.8) is 0 Å². The van der Waals surface area contributed by atoms with E-state index in [0.29, 0.717) is 16.7 Å². The molecule has 1 aliphatic heterocycles. The number of aromatic nitrogens is 2. The molecule has 1 amide bonds. The first-order valence-electron chi connectivity index (χ1n) is 10.00. The van der Waals surface area contributed by atoms with E-state index < -0.39 is 0 Å². The number of nitrogens with zero attached hydrogens (tertiary/aromatic N) is 3. The molecule has 0 saturated heterocycles. The standard InChI is InChI=1S/C24H18FN3O2S2/c25-18-12-10-17(11-13-18)23-26-27-24(30-23)32-15-22(29)28-19-8-4-5-9-21(19)31-14-20(28)16-6-2-1-3-7-16/h1-13,20H,14-15H2/t20-/m1/s1. The molecule has 0 radical (unpaired) electrons. The van der Waals surface area contributed by atoms with E-state index in [-0.39, 0.29) is 23.5 Å². The number of carbonyl (C=O) groups excluding carboxylic acids is 1. The van der Waals surface area contributed by atoms with E-state index in [0.717, 1.165) is 21.9 Å². The zero-order chi connectivity index (χ0) is 21.9. The van der Waals surface area contributed by atoms with Gasteiger partial charge in [-0.15, -0.1) is 22.0 Å². The molecule has 5 rings (SSSR count). The second-order valence-electron chi connectivity index (χ2n) is 7.14. The Labute approximate surface area is 193 Å². The average molecular weight is 464 g/mol. The maximum Gasteiger partial charge on any atom is 0.277 e. The van der Waals surface area contributed by atoms with Crippen LogP contribution in [0.25, 0.3) is 11.5 Å². The number of halogens is 1. The lowest BCUT2D eigenvalue weighted by Gasteiger charge is -2.37. The first-order valence-corrected chi connectivity index (χ1v) is 12.0. The van der Waals surface area contributed by atoms with E-state index in [1.165, 1.54) is 23.9 Å². The van der Waals surface area contributed by atoms with E-state index >= 15 is 0 Å². The van der Waals surface area contributed by atoms with Crippen LogP contribution in [0.5, 0.6) is 0 Å². The van der Waals surface area contributed by atoms with Crippen LogP contribution in [0, 0.1) is 5.82 Å². The molecule has 5 nitrogen and oxygen atoms in total. The predicted octanol–water partition coefficient (Wildman–Crippen LogP) is 5.85. The highest BCUT2D eigenvalue weighted by Gasteiger charge is 2.32. The number of anilines is 1. The van der Waals surface area contributed by atoms with Gasteiger partial charge in [-0.3, -0.25) is 4.79 Å². The summed E-state index contributed by atoms with van der Waals surface area (Å²) in [7, 11) is 0. The van der Waals surface area contributed by atoms with Crippen LogP contribution in [0.2, 0.25) is 0 Å². The monoisotopic (exact) mass is 463 g/mol. The van der Waals surface area contributed by atoms with Crippen LogP contribution in [0.1, 0.15) is 11.6 Å². The fraction of sp³-hybridized carbons (Fsp3) is 0.125. The highest BCUT2D eigenvalue weighted by Crippen LogP contribution is 2.43.